The van der Waals surface area contributed by atoms with Crippen molar-refractivity contribution in [1.29, 1.82) is 5.26 Å². The Kier molecular flexibility index (Phi) is 4.31. The van der Waals surface area contributed by atoms with Gasteiger partial charge in [0.2, 0.25) is 0 Å². The lowest BCUT2D eigenvalue weighted by Crippen LogP contribution is -2.06. The van der Waals surface area contributed by atoms with Crippen LogP contribution in [0.2, 0.25) is 10.0 Å². The molecular formula is C14H7Cl2F3N2. The van der Waals surface area contributed by atoms with E-state index in [9.17, 15) is 13.2 Å². The normalized spacial score (nSPS) is 11.0. The minimum atomic E-state index is -4.50. The van der Waals surface area contributed by atoms with E-state index in [-0.39, 0.29) is 11.3 Å². The second kappa shape index (κ2) is 5.84. The molecule has 0 aliphatic rings. The Morgan fingerprint density at radius 2 is 1.62 bits per heavy atom. The number of nitrogens with zero attached hydrogens (tertiary/aromatic N) is 1. The summed E-state index contributed by atoms with van der Waals surface area (Å²) in [6.07, 6.45) is -4.50. The average molecular weight is 331 g/mol. The standard InChI is InChI=1S/C14H7Cl2F3N2/c15-10-4-11(16)6-12(5-10)21-13-2-1-9(14(17,18)19)3-8(13)7-20/h1-6,21H. The first kappa shape index (κ1) is 15.5. The minimum Gasteiger partial charge on any atom is -0.354 e. The van der Waals surface area contributed by atoms with Gasteiger partial charge in [-0.2, -0.15) is 18.4 Å². The molecule has 0 amide bonds. The summed E-state index contributed by atoms with van der Waals surface area (Å²) in [6, 6.07) is 9.22. The summed E-state index contributed by atoms with van der Waals surface area (Å²) >= 11 is 11.7. The van der Waals surface area contributed by atoms with Crippen molar-refractivity contribution in [3.05, 3.63) is 57.6 Å². The van der Waals surface area contributed by atoms with Gasteiger partial charge in [0.15, 0.2) is 0 Å². The molecule has 0 fully saturated rings. The molecule has 0 spiro atoms. The quantitative estimate of drug-likeness (QED) is 0.774. The molecule has 2 nitrogen and oxygen atoms in total. The van der Waals surface area contributed by atoms with E-state index in [0.29, 0.717) is 15.7 Å². The molecule has 7 heteroatoms. The van der Waals surface area contributed by atoms with E-state index < -0.39 is 11.7 Å². The molecule has 2 aromatic rings. The molecule has 0 atom stereocenters. The molecule has 108 valence electrons. The zero-order valence-corrected chi connectivity index (χ0v) is 11.8. The second-order valence-electron chi connectivity index (χ2n) is 4.15. The van der Waals surface area contributed by atoms with Gasteiger partial charge in [-0.15, -0.1) is 0 Å². The molecule has 0 saturated carbocycles. The molecule has 0 radical (unpaired) electrons. The van der Waals surface area contributed by atoms with E-state index >= 15 is 0 Å². The number of benzene rings is 2. The monoisotopic (exact) mass is 330 g/mol. The van der Waals surface area contributed by atoms with Gasteiger partial charge >= 0.3 is 6.18 Å². The van der Waals surface area contributed by atoms with Gasteiger partial charge in [-0.25, -0.2) is 0 Å². The van der Waals surface area contributed by atoms with Crippen LogP contribution in [0.4, 0.5) is 24.5 Å². The predicted octanol–water partition coefficient (Wildman–Crippen LogP) is 5.63. The lowest BCUT2D eigenvalue weighted by Gasteiger charge is -2.12. The second-order valence-corrected chi connectivity index (χ2v) is 5.03. The molecule has 0 heterocycles. The predicted molar refractivity (Wildman–Crippen MR) is 75.9 cm³/mol. The Morgan fingerprint density at radius 3 is 2.14 bits per heavy atom. The van der Waals surface area contributed by atoms with Crippen molar-refractivity contribution < 1.29 is 13.2 Å². The highest BCUT2D eigenvalue weighted by molar-refractivity contribution is 6.35. The van der Waals surface area contributed by atoms with E-state index in [1.54, 1.807) is 18.2 Å². The summed E-state index contributed by atoms with van der Waals surface area (Å²) in [5, 5.41) is 12.6. The molecule has 2 rings (SSSR count). The van der Waals surface area contributed by atoms with Gasteiger partial charge in [0, 0.05) is 15.7 Å². The van der Waals surface area contributed by atoms with Crippen molar-refractivity contribution in [1.82, 2.24) is 0 Å². The zero-order chi connectivity index (χ0) is 15.6. The molecule has 0 aromatic heterocycles. The number of nitrogens with one attached hydrogen (secondary N) is 1. The number of alkyl halides is 3. The lowest BCUT2D eigenvalue weighted by atomic mass is 10.1. The van der Waals surface area contributed by atoms with Gasteiger partial charge in [0.05, 0.1) is 16.8 Å². The fourth-order valence-corrected chi connectivity index (χ4v) is 2.23. The summed E-state index contributed by atoms with van der Waals surface area (Å²) in [5.41, 5.74) is -0.290. The molecule has 1 N–H and O–H groups in total. The fraction of sp³-hybridized carbons (Fsp3) is 0.0714. The third kappa shape index (κ3) is 3.81. The number of rotatable bonds is 2. The van der Waals surface area contributed by atoms with Crippen molar-refractivity contribution in [2.75, 3.05) is 5.32 Å². The number of nitriles is 1. The molecule has 0 aliphatic carbocycles. The van der Waals surface area contributed by atoms with Crippen LogP contribution in [0.5, 0.6) is 0 Å². The summed E-state index contributed by atoms with van der Waals surface area (Å²) in [5.74, 6) is 0. The largest absolute Gasteiger partial charge is 0.416 e. The first-order valence-electron chi connectivity index (χ1n) is 5.64. The van der Waals surface area contributed by atoms with Crippen molar-refractivity contribution in [2.45, 2.75) is 6.18 Å². The van der Waals surface area contributed by atoms with E-state index in [2.05, 4.69) is 5.32 Å². The number of anilines is 2. The van der Waals surface area contributed by atoms with Gasteiger partial charge in [-0.05, 0) is 36.4 Å². The van der Waals surface area contributed by atoms with Gasteiger partial charge < -0.3 is 5.32 Å². The number of halogens is 5. The molecule has 2 aromatic carbocycles. The van der Waals surface area contributed by atoms with Crippen LogP contribution in [0.25, 0.3) is 0 Å². The van der Waals surface area contributed by atoms with E-state index in [4.69, 9.17) is 28.5 Å². The van der Waals surface area contributed by atoms with Crippen molar-refractivity contribution in [2.24, 2.45) is 0 Å². The van der Waals surface area contributed by atoms with Crippen LogP contribution in [0.15, 0.2) is 36.4 Å². The molecular weight excluding hydrogens is 324 g/mol. The summed E-state index contributed by atoms with van der Waals surface area (Å²) in [7, 11) is 0. The Labute approximate surface area is 128 Å². The van der Waals surface area contributed by atoms with Gasteiger partial charge in [0.25, 0.3) is 0 Å². The Bertz CT molecular complexity index is 701. The van der Waals surface area contributed by atoms with Crippen molar-refractivity contribution in [3.8, 4) is 6.07 Å². The topological polar surface area (TPSA) is 35.8 Å². The third-order valence-corrected chi connectivity index (χ3v) is 3.05. The zero-order valence-electron chi connectivity index (χ0n) is 10.3. The highest BCUT2D eigenvalue weighted by Crippen LogP contribution is 2.33. The van der Waals surface area contributed by atoms with Crippen molar-refractivity contribution in [3.63, 3.8) is 0 Å². The maximum absolute atomic E-state index is 12.6. The van der Waals surface area contributed by atoms with Crippen LogP contribution < -0.4 is 5.32 Å². The SMILES string of the molecule is N#Cc1cc(C(F)(F)F)ccc1Nc1cc(Cl)cc(Cl)c1. The van der Waals surface area contributed by atoms with Gasteiger partial charge in [-0.3, -0.25) is 0 Å². The van der Waals surface area contributed by atoms with E-state index in [1.807, 2.05) is 0 Å². The van der Waals surface area contributed by atoms with E-state index in [1.165, 1.54) is 12.1 Å². The molecule has 0 aliphatic heterocycles. The highest BCUT2D eigenvalue weighted by atomic mass is 35.5. The number of hydrogen-bond acceptors (Lipinski definition) is 2. The summed E-state index contributed by atoms with van der Waals surface area (Å²) in [6.45, 7) is 0. The van der Waals surface area contributed by atoms with Gasteiger partial charge in [0.1, 0.15) is 6.07 Å². The van der Waals surface area contributed by atoms with Gasteiger partial charge in [-0.1, -0.05) is 23.2 Å². The third-order valence-electron chi connectivity index (χ3n) is 2.61. The minimum absolute atomic E-state index is 0.124. The Morgan fingerprint density at radius 1 is 1.00 bits per heavy atom. The molecule has 0 saturated heterocycles. The fourth-order valence-electron chi connectivity index (χ4n) is 1.70. The molecule has 21 heavy (non-hydrogen) atoms. The van der Waals surface area contributed by atoms with Crippen LogP contribution in [0.3, 0.4) is 0 Å². The summed E-state index contributed by atoms with van der Waals surface area (Å²) < 4.78 is 37.8. The molecule has 0 bridgehead atoms. The van der Waals surface area contributed by atoms with Crippen molar-refractivity contribution >= 4 is 34.6 Å². The number of hydrogen-bond donors (Lipinski definition) is 1. The Hall–Kier alpha value is -1.90. The van der Waals surface area contributed by atoms with Crippen LogP contribution in [-0.2, 0) is 6.18 Å². The maximum atomic E-state index is 12.6. The van der Waals surface area contributed by atoms with Crippen LogP contribution in [0.1, 0.15) is 11.1 Å². The first-order chi connectivity index (χ1) is 9.79. The highest BCUT2D eigenvalue weighted by Gasteiger charge is 2.31. The molecule has 0 unspecified atom stereocenters. The van der Waals surface area contributed by atoms with E-state index in [0.717, 1.165) is 12.1 Å². The van der Waals surface area contributed by atoms with Crippen LogP contribution in [0, 0.1) is 11.3 Å². The maximum Gasteiger partial charge on any atom is 0.416 e. The van der Waals surface area contributed by atoms with Crippen LogP contribution >= 0.6 is 23.2 Å². The van der Waals surface area contributed by atoms with Crippen LogP contribution in [-0.4, -0.2) is 0 Å². The smallest absolute Gasteiger partial charge is 0.354 e. The lowest BCUT2D eigenvalue weighted by molar-refractivity contribution is -0.137. The average Bonchev–Trinajstić information content (AvgIpc) is 2.36. The first-order valence-corrected chi connectivity index (χ1v) is 6.39. The summed E-state index contributed by atoms with van der Waals surface area (Å²) in [4.78, 5) is 0. The Balaban J connectivity index is 2.39.